The Labute approximate surface area is 139 Å². The average molecular weight is 320 g/mol. The molecule has 120 valence electrons. The number of amides is 1. The van der Waals surface area contributed by atoms with Crippen LogP contribution < -0.4 is 14.8 Å². The van der Waals surface area contributed by atoms with Gasteiger partial charge in [0.1, 0.15) is 19.3 Å². The molecule has 1 aliphatic carbocycles. The number of nitrogens with one attached hydrogen (secondary N) is 1. The number of rotatable bonds is 3. The Morgan fingerprint density at radius 2 is 1.83 bits per heavy atom. The molecule has 1 amide bonds. The third kappa shape index (κ3) is 2.37. The van der Waals surface area contributed by atoms with E-state index in [-0.39, 0.29) is 5.91 Å². The van der Waals surface area contributed by atoms with E-state index in [0.717, 1.165) is 24.2 Å². The van der Waals surface area contributed by atoms with Crippen molar-refractivity contribution in [2.45, 2.75) is 18.3 Å². The van der Waals surface area contributed by atoms with E-state index in [2.05, 4.69) is 11.4 Å². The molecule has 1 fully saturated rings. The van der Waals surface area contributed by atoms with Crippen molar-refractivity contribution in [3.63, 3.8) is 0 Å². The highest BCUT2D eigenvalue weighted by atomic mass is 16.6. The Morgan fingerprint density at radius 3 is 2.58 bits per heavy atom. The van der Waals surface area contributed by atoms with E-state index in [1.165, 1.54) is 0 Å². The SMILES string of the molecule is N#Cc1ccccc1NC(=O)C1(c2ccc3c(c2)OCCO3)CC1. The Hall–Kier alpha value is -3.00. The van der Waals surface area contributed by atoms with Gasteiger partial charge in [-0.05, 0) is 42.7 Å². The predicted molar refractivity (Wildman–Crippen MR) is 88.1 cm³/mol. The maximum atomic E-state index is 12.8. The summed E-state index contributed by atoms with van der Waals surface area (Å²) in [6.07, 6.45) is 1.57. The number of carbonyl (C=O) groups excluding carboxylic acids is 1. The van der Waals surface area contributed by atoms with E-state index in [4.69, 9.17) is 14.7 Å². The molecule has 0 unspecified atom stereocenters. The molecule has 0 bridgehead atoms. The topological polar surface area (TPSA) is 71.4 Å². The van der Waals surface area contributed by atoms with Gasteiger partial charge < -0.3 is 14.8 Å². The number of fused-ring (bicyclic) bond motifs is 1. The van der Waals surface area contributed by atoms with Crippen LogP contribution in [0.3, 0.4) is 0 Å². The number of ether oxygens (including phenoxy) is 2. The highest BCUT2D eigenvalue weighted by molar-refractivity contribution is 6.02. The van der Waals surface area contributed by atoms with Crippen LogP contribution >= 0.6 is 0 Å². The van der Waals surface area contributed by atoms with Crippen LogP contribution in [-0.4, -0.2) is 19.1 Å². The minimum absolute atomic E-state index is 0.0816. The zero-order valence-corrected chi connectivity index (χ0v) is 13.0. The van der Waals surface area contributed by atoms with E-state index in [9.17, 15) is 4.79 Å². The molecule has 0 saturated heterocycles. The fourth-order valence-corrected chi connectivity index (χ4v) is 3.04. The molecule has 1 N–H and O–H groups in total. The molecule has 2 aliphatic rings. The molecule has 2 aromatic rings. The fraction of sp³-hybridized carbons (Fsp3) is 0.263. The molecular weight excluding hydrogens is 304 g/mol. The van der Waals surface area contributed by atoms with Gasteiger partial charge >= 0.3 is 0 Å². The van der Waals surface area contributed by atoms with E-state index in [1.807, 2.05) is 18.2 Å². The highest BCUT2D eigenvalue weighted by Gasteiger charge is 2.51. The fourth-order valence-electron chi connectivity index (χ4n) is 3.04. The standard InChI is InChI=1S/C19H16N2O3/c20-12-13-3-1-2-4-15(13)21-18(22)19(7-8-19)14-5-6-16-17(11-14)24-10-9-23-16/h1-6,11H,7-10H2,(H,21,22). The van der Waals surface area contributed by atoms with Crippen molar-refractivity contribution >= 4 is 11.6 Å². The smallest absolute Gasteiger partial charge is 0.235 e. The number of carbonyl (C=O) groups is 1. The lowest BCUT2D eigenvalue weighted by Crippen LogP contribution is -2.28. The molecule has 0 atom stereocenters. The Morgan fingerprint density at radius 1 is 1.08 bits per heavy atom. The first-order chi connectivity index (χ1) is 11.7. The van der Waals surface area contributed by atoms with E-state index < -0.39 is 5.41 Å². The maximum Gasteiger partial charge on any atom is 0.235 e. The number of para-hydroxylation sites is 1. The average Bonchev–Trinajstić information content (AvgIpc) is 3.44. The molecule has 24 heavy (non-hydrogen) atoms. The summed E-state index contributed by atoms with van der Waals surface area (Å²) in [7, 11) is 0. The summed E-state index contributed by atoms with van der Waals surface area (Å²) in [5.74, 6) is 1.33. The molecule has 0 aromatic heterocycles. The predicted octanol–water partition coefficient (Wildman–Crippen LogP) is 3.00. The van der Waals surface area contributed by atoms with Gasteiger partial charge in [0.05, 0.1) is 16.7 Å². The molecule has 0 radical (unpaired) electrons. The van der Waals surface area contributed by atoms with Gasteiger partial charge in [-0.2, -0.15) is 5.26 Å². The lowest BCUT2D eigenvalue weighted by atomic mass is 9.94. The summed E-state index contributed by atoms with van der Waals surface area (Å²) < 4.78 is 11.2. The molecule has 1 saturated carbocycles. The van der Waals surface area contributed by atoms with Crippen LogP contribution in [0.15, 0.2) is 42.5 Å². The van der Waals surface area contributed by atoms with E-state index >= 15 is 0 Å². The van der Waals surface area contributed by atoms with Crippen LogP contribution in [0.25, 0.3) is 0 Å². The lowest BCUT2D eigenvalue weighted by Gasteiger charge is -2.21. The van der Waals surface area contributed by atoms with Gasteiger partial charge in [-0.3, -0.25) is 4.79 Å². The van der Waals surface area contributed by atoms with Crippen molar-refractivity contribution in [2.75, 3.05) is 18.5 Å². The summed E-state index contributed by atoms with van der Waals surface area (Å²) in [4.78, 5) is 12.8. The molecule has 1 aliphatic heterocycles. The van der Waals surface area contributed by atoms with Crippen LogP contribution in [0.5, 0.6) is 11.5 Å². The first-order valence-electron chi connectivity index (χ1n) is 7.94. The van der Waals surface area contributed by atoms with Gasteiger partial charge in [0.25, 0.3) is 0 Å². The number of hydrogen-bond acceptors (Lipinski definition) is 4. The summed E-state index contributed by atoms with van der Waals surface area (Å²) in [5, 5.41) is 12.1. The van der Waals surface area contributed by atoms with E-state index in [0.29, 0.717) is 30.2 Å². The van der Waals surface area contributed by atoms with Gasteiger partial charge in [-0.15, -0.1) is 0 Å². The van der Waals surface area contributed by atoms with Crippen molar-refractivity contribution in [1.29, 1.82) is 5.26 Å². The van der Waals surface area contributed by atoms with Crippen LogP contribution in [0.4, 0.5) is 5.69 Å². The number of anilines is 1. The molecule has 5 heteroatoms. The number of nitrogens with zero attached hydrogens (tertiary/aromatic N) is 1. The van der Waals surface area contributed by atoms with Crippen molar-refractivity contribution < 1.29 is 14.3 Å². The number of hydrogen-bond donors (Lipinski definition) is 1. The first-order valence-corrected chi connectivity index (χ1v) is 7.94. The summed E-state index contributed by atoms with van der Waals surface area (Å²) >= 11 is 0. The Bertz CT molecular complexity index is 850. The molecule has 0 spiro atoms. The largest absolute Gasteiger partial charge is 0.486 e. The lowest BCUT2D eigenvalue weighted by molar-refractivity contribution is -0.118. The Balaban J connectivity index is 1.61. The third-order valence-electron chi connectivity index (χ3n) is 4.58. The monoisotopic (exact) mass is 320 g/mol. The minimum atomic E-state index is -0.543. The summed E-state index contributed by atoms with van der Waals surface area (Å²) in [5.41, 5.74) is 1.40. The van der Waals surface area contributed by atoms with Crippen LogP contribution in [0, 0.1) is 11.3 Å². The molecule has 1 heterocycles. The summed E-state index contributed by atoms with van der Waals surface area (Å²) in [6.45, 7) is 1.06. The molecule has 2 aromatic carbocycles. The highest BCUT2D eigenvalue weighted by Crippen LogP contribution is 2.51. The van der Waals surface area contributed by atoms with Gasteiger partial charge in [-0.1, -0.05) is 18.2 Å². The van der Waals surface area contributed by atoms with Crippen molar-refractivity contribution in [3.8, 4) is 17.6 Å². The second-order valence-corrected chi connectivity index (χ2v) is 6.05. The van der Waals surface area contributed by atoms with Crippen LogP contribution in [-0.2, 0) is 10.2 Å². The van der Waals surface area contributed by atoms with Crippen LogP contribution in [0.1, 0.15) is 24.0 Å². The van der Waals surface area contributed by atoms with Gasteiger partial charge in [0.15, 0.2) is 11.5 Å². The second-order valence-electron chi connectivity index (χ2n) is 6.05. The number of benzene rings is 2. The molecule has 4 rings (SSSR count). The zero-order valence-electron chi connectivity index (χ0n) is 13.0. The molecule has 5 nitrogen and oxygen atoms in total. The van der Waals surface area contributed by atoms with Gasteiger partial charge in [-0.25, -0.2) is 0 Å². The summed E-state index contributed by atoms with van der Waals surface area (Å²) in [6, 6.07) is 14.8. The quantitative estimate of drug-likeness (QED) is 0.943. The van der Waals surface area contributed by atoms with Gasteiger partial charge in [0, 0.05) is 0 Å². The maximum absolute atomic E-state index is 12.8. The zero-order chi connectivity index (χ0) is 16.6. The molecular formula is C19H16N2O3. The van der Waals surface area contributed by atoms with Crippen molar-refractivity contribution in [1.82, 2.24) is 0 Å². The normalized spacial score (nSPS) is 16.8. The second kappa shape index (κ2) is 5.57. The minimum Gasteiger partial charge on any atom is -0.486 e. The third-order valence-corrected chi connectivity index (χ3v) is 4.58. The van der Waals surface area contributed by atoms with Gasteiger partial charge in [0.2, 0.25) is 5.91 Å². The number of nitriles is 1. The van der Waals surface area contributed by atoms with Crippen LogP contribution in [0.2, 0.25) is 0 Å². The first kappa shape index (κ1) is 14.6. The van der Waals surface area contributed by atoms with E-state index in [1.54, 1.807) is 24.3 Å². The van der Waals surface area contributed by atoms with Crippen molar-refractivity contribution in [3.05, 3.63) is 53.6 Å². The Kier molecular flexibility index (Phi) is 3.39. The van der Waals surface area contributed by atoms with Crippen molar-refractivity contribution in [2.24, 2.45) is 0 Å².